The fourth-order valence-electron chi connectivity index (χ4n) is 3.47. The Labute approximate surface area is 181 Å². The molecule has 0 unspecified atom stereocenters. The zero-order valence-corrected chi connectivity index (χ0v) is 17.7. The standard InChI is InChI=1S/C22H19FN6OS/c1-13(2)29-21-15(9-25-29)7-17(10-24-21)26-20(30)8-18-12-31-22-27-19(11-28(18)22)14-3-5-16(23)6-4-14/h3-7,9-13H,8H2,1-2H3,(H,26,30). The maximum atomic E-state index is 13.2. The summed E-state index contributed by atoms with van der Waals surface area (Å²) in [5.41, 5.74) is 3.82. The van der Waals surface area contributed by atoms with Crippen molar-refractivity contribution in [1.82, 2.24) is 24.1 Å². The van der Waals surface area contributed by atoms with Gasteiger partial charge < -0.3 is 5.32 Å². The third-order valence-corrected chi connectivity index (χ3v) is 5.86. The van der Waals surface area contributed by atoms with Crippen molar-refractivity contribution in [2.24, 2.45) is 0 Å². The molecule has 1 aromatic carbocycles. The quantitative estimate of drug-likeness (QED) is 0.435. The average Bonchev–Trinajstić information content (AvgIpc) is 3.43. The van der Waals surface area contributed by atoms with Crippen LogP contribution in [0.5, 0.6) is 0 Å². The zero-order chi connectivity index (χ0) is 21.5. The van der Waals surface area contributed by atoms with Crippen LogP contribution in [0.25, 0.3) is 27.3 Å². The van der Waals surface area contributed by atoms with Crippen LogP contribution in [0.1, 0.15) is 25.6 Å². The van der Waals surface area contributed by atoms with Crippen LogP contribution in [0.3, 0.4) is 0 Å². The second-order valence-electron chi connectivity index (χ2n) is 7.56. The molecular formula is C22H19FN6OS. The van der Waals surface area contributed by atoms with Gasteiger partial charge in [-0.2, -0.15) is 5.10 Å². The maximum Gasteiger partial charge on any atom is 0.230 e. The molecule has 1 amide bonds. The molecule has 7 nitrogen and oxygen atoms in total. The number of nitrogens with zero attached hydrogens (tertiary/aromatic N) is 5. The number of halogens is 1. The lowest BCUT2D eigenvalue weighted by molar-refractivity contribution is -0.115. The number of benzene rings is 1. The largest absolute Gasteiger partial charge is 0.324 e. The molecule has 0 saturated carbocycles. The van der Waals surface area contributed by atoms with E-state index in [0.29, 0.717) is 5.69 Å². The Bertz CT molecular complexity index is 1400. The van der Waals surface area contributed by atoms with Crippen molar-refractivity contribution in [1.29, 1.82) is 0 Å². The van der Waals surface area contributed by atoms with Gasteiger partial charge in [0, 0.05) is 34.3 Å². The molecule has 0 saturated heterocycles. The van der Waals surface area contributed by atoms with Crippen molar-refractivity contribution in [3.63, 3.8) is 0 Å². The number of rotatable bonds is 5. The van der Waals surface area contributed by atoms with Gasteiger partial charge in [0.05, 0.1) is 30.2 Å². The highest BCUT2D eigenvalue weighted by molar-refractivity contribution is 7.15. The molecular weight excluding hydrogens is 415 g/mol. The van der Waals surface area contributed by atoms with E-state index in [0.717, 1.165) is 32.9 Å². The molecule has 0 fully saturated rings. The number of carbonyl (C=O) groups is 1. The fraction of sp³-hybridized carbons (Fsp3) is 0.182. The van der Waals surface area contributed by atoms with Crippen molar-refractivity contribution in [3.8, 4) is 11.3 Å². The number of hydrogen-bond donors (Lipinski definition) is 1. The third-order valence-electron chi connectivity index (χ3n) is 4.97. The van der Waals surface area contributed by atoms with Crippen LogP contribution in [-0.4, -0.2) is 30.1 Å². The van der Waals surface area contributed by atoms with Gasteiger partial charge in [0.2, 0.25) is 5.91 Å². The molecule has 0 aliphatic rings. The van der Waals surface area contributed by atoms with Crippen LogP contribution in [0, 0.1) is 5.82 Å². The molecule has 0 atom stereocenters. The molecule has 31 heavy (non-hydrogen) atoms. The van der Waals surface area contributed by atoms with Gasteiger partial charge in [-0.15, -0.1) is 11.3 Å². The van der Waals surface area contributed by atoms with Crippen LogP contribution >= 0.6 is 11.3 Å². The molecule has 0 bridgehead atoms. The molecule has 5 rings (SSSR count). The molecule has 156 valence electrons. The van der Waals surface area contributed by atoms with Gasteiger partial charge in [0.1, 0.15) is 5.82 Å². The lowest BCUT2D eigenvalue weighted by Gasteiger charge is -2.07. The summed E-state index contributed by atoms with van der Waals surface area (Å²) in [5.74, 6) is -0.430. The lowest BCUT2D eigenvalue weighted by atomic mass is 10.2. The highest BCUT2D eigenvalue weighted by Crippen LogP contribution is 2.25. The predicted molar refractivity (Wildman–Crippen MR) is 119 cm³/mol. The van der Waals surface area contributed by atoms with Gasteiger partial charge in [-0.1, -0.05) is 0 Å². The lowest BCUT2D eigenvalue weighted by Crippen LogP contribution is -2.15. The van der Waals surface area contributed by atoms with E-state index in [2.05, 4.69) is 20.4 Å². The first-order valence-electron chi connectivity index (χ1n) is 9.82. The maximum absolute atomic E-state index is 13.2. The number of pyridine rings is 1. The summed E-state index contributed by atoms with van der Waals surface area (Å²) in [4.78, 5) is 22.5. The number of fused-ring (bicyclic) bond motifs is 2. The first-order valence-corrected chi connectivity index (χ1v) is 10.7. The zero-order valence-electron chi connectivity index (χ0n) is 16.9. The Morgan fingerprint density at radius 2 is 2.03 bits per heavy atom. The predicted octanol–water partition coefficient (Wildman–Crippen LogP) is 4.71. The summed E-state index contributed by atoms with van der Waals surface area (Å²) >= 11 is 1.46. The van der Waals surface area contributed by atoms with Crippen LogP contribution in [0.2, 0.25) is 0 Å². The summed E-state index contributed by atoms with van der Waals surface area (Å²) in [6.45, 7) is 4.09. The fourth-order valence-corrected chi connectivity index (χ4v) is 4.35. The third kappa shape index (κ3) is 3.68. The molecule has 4 heterocycles. The molecule has 1 N–H and O–H groups in total. The normalized spacial score (nSPS) is 11.6. The molecule has 4 aromatic heterocycles. The van der Waals surface area contributed by atoms with Crippen molar-refractivity contribution < 1.29 is 9.18 Å². The van der Waals surface area contributed by atoms with Gasteiger partial charge in [0.15, 0.2) is 10.6 Å². The molecule has 0 aliphatic carbocycles. The second kappa shape index (κ2) is 7.59. The number of imidazole rings is 1. The number of carbonyl (C=O) groups excluding carboxylic acids is 1. The Morgan fingerprint density at radius 3 is 2.81 bits per heavy atom. The van der Waals surface area contributed by atoms with E-state index in [1.165, 1.54) is 23.5 Å². The first-order chi connectivity index (χ1) is 15.0. The SMILES string of the molecule is CC(C)n1ncc2cc(NC(=O)Cc3csc4nc(-c5ccc(F)cc5)cn34)cnc21. The van der Waals surface area contributed by atoms with E-state index in [1.54, 1.807) is 24.5 Å². The first kappa shape index (κ1) is 19.4. The number of nitrogens with one attached hydrogen (secondary N) is 1. The highest BCUT2D eigenvalue weighted by atomic mass is 32.1. The summed E-state index contributed by atoms with van der Waals surface area (Å²) in [6.07, 6.45) is 5.47. The van der Waals surface area contributed by atoms with Gasteiger partial charge in [-0.25, -0.2) is 19.0 Å². The summed E-state index contributed by atoms with van der Waals surface area (Å²) < 4.78 is 16.9. The minimum Gasteiger partial charge on any atom is -0.324 e. The van der Waals surface area contributed by atoms with E-state index in [9.17, 15) is 9.18 Å². The molecule has 0 aliphatic heterocycles. The number of amides is 1. The van der Waals surface area contributed by atoms with Gasteiger partial charge in [0.25, 0.3) is 0 Å². The highest BCUT2D eigenvalue weighted by Gasteiger charge is 2.14. The summed E-state index contributed by atoms with van der Waals surface area (Å²) in [6, 6.07) is 8.29. The van der Waals surface area contributed by atoms with E-state index in [4.69, 9.17) is 0 Å². The second-order valence-corrected chi connectivity index (χ2v) is 8.39. The van der Waals surface area contributed by atoms with Crippen LogP contribution in [0.4, 0.5) is 10.1 Å². The minimum absolute atomic E-state index is 0.144. The van der Waals surface area contributed by atoms with E-state index in [-0.39, 0.29) is 24.2 Å². The average molecular weight is 435 g/mol. The van der Waals surface area contributed by atoms with Crippen LogP contribution in [-0.2, 0) is 11.2 Å². The smallest absolute Gasteiger partial charge is 0.230 e. The Balaban J connectivity index is 1.34. The van der Waals surface area contributed by atoms with E-state index >= 15 is 0 Å². The van der Waals surface area contributed by atoms with Crippen molar-refractivity contribution in [2.45, 2.75) is 26.3 Å². The summed E-state index contributed by atoms with van der Waals surface area (Å²) in [5, 5.41) is 10.1. The minimum atomic E-state index is -0.286. The summed E-state index contributed by atoms with van der Waals surface area (Å²) in [7, 11) is 0. The Morgan fingerprint density at radius 1 is 1.23 bits per heavy atom. The topological polar surface area (TPSA) is 77.1 Å². The number of aromatic nitrogens is 5. The van der Waals surface area contributed by atoms with Crippen molar-refractivity contribution in [3.05, 3.63) is 65.8 Å². The van der Waals surface area contributed by atoms with Gasteiger partial charge in [-0.3, -0.25) is 9.20 Å². The molecule has 5 aromatic rings. The monoisotopic (exact) mass is 434 g/mol. The van der Waals surface area contributed by atoms with Gasteiger partial charge in [-0.05, 0) is 44.2 Å². The van der Waals surface area contributed by atoms with Crippen molar-refractivity contribution >= 4 is 38.9 Å². The molecule has 0 radical (unpaired) electrons. The van der Waals surface area contributed by atoms with Crippen LogP contribution < -0.4 is 5.32 Å². The van der Waals surface area contributed by atoms with Gasteiger partial charge >= 0.3 is 0 Å². The van der Waals surface area contributed by atoms with Crippen LogP contribution in [0.15, 0.2) is 54.3 Å². The molecule has 9 heteroatoms. The van der Waals surface area contributed by atoms with Crippen molar-refractivity contribution in [2.75, 3.05) is 5.32 Å². The van der Waals surface area contributed by atoms with E-state index in [1.807, 2.05) is 40.6 Å². The number of hydrogen-bond acceptors (Lipinski definition) is 5. The number of anilines is 1. The van der Waals surface area contributed by atoms with E-state index < -0.39 is 0 Å². The Kier molecular flexibility index (Phi) is 4.74. The number of thiazole rings is 1. The Hall–Kier alpha value is -3.59. The molecule has 0 spiro atoms.